The summed E-state index contributed by atoms with van der Waals surface area (Å²) in [5, 5.41) is 0. The number of ether oxygens (including phenoxy) is 1. The summed E-state index contributed by atoms with van der Waals surface area (Å²) in [5.74, 6) is -0.349. The molecule has 15 heavy (non-hydrogen) atoms. The van der Waals surface area contributed by atoms with E-state index in [9.17, 15) is 9.59 Å². The lowest BCUT2D eigenvalue weighted by Crippen LogP contribution is -2.06. The summed E-state index contributed by atoms with van der Waals surface area (Å²) in [6, 6.07) is 4.94. The van der Waals surface area contributed by atoms with Gasteiger partial charge >= 0.3 is 5.97 Å². The third kappa shape index (κ3) is 2.65. The molecule has 1 rings (SSSR count). The minimum atomic E-state index is -0.351. The van der Waals surface area contributed by atoms with Crippen molar-refractivity contribution < 1.29 is 14.3 Å². The number of carbonyl (C=O) groups is 2. The Balaban J connectivity index is 3.01. The second-order valence-electron chi connectivity index (χ2n) is 3.31. The Bertz CT molecular complexity index is 394. The van der Waals surface area contributed by atoms with Crippen molar-refractivity contribution in [3.05, 3.63) is 34.9 Å². The molecule has 0 radical (unpaired) electrons. The molecule has 1 aromatic carbocycles. The number of hydrogen-bond acceptors (Lipinski definition) is 3. The zero-order chi connectivity index (χ0) is 11.4. The van der Waals surface area contributed by atoms with E-state index in [-0.39, 0.29) is 11.8 Å². The van der Waals surface area contributed by atoms with Crippen molar-refractivity contribution in [1.82, 2.24) is 0 Å². The maximum Gasteiger partial charge on any atom is 0.338 e. The van der Waals surface area contributed by atoms with E-state index in [0.29, 0.717) is 17.7 Å². The molecule has 0 fully saturated rings. The summed E-state index contributed by atoms with van der Waals surface area (Å²) in [5.41, 5.74) is 1.93. The Morgan fingerprint density at radius 3 is 2.47 bits per heavy atom. The van der Waals surface area contributed by atoms with E-state index in [2.05, 4.69) is 0 Å². The Morgan fingerprint density at radius 1 is 1.33 bits per heavy atom. The van der Waals surface area contributed by atoms with Crippen molar-refractivity contribution in [3.63, 3.8) is 0 Å². The highest BCUT2D eigenvalue weighted by Gasteiger charge is 2.09. The third-order valence-corrected chi connectivity index (χ3v) is 2.12. The maximum absolute atomic E-state index is 11.4. The molecule has 0 aromatic heterocycles. The van der Waals surface area contributed by atoms with Crippen molar-refractivity contribution in [3.8, 4) is 0 Å². The summed E-state index contributed by atoms with van der Waals surface area (Å²) >= 11 is 0. The second kappa shape index (κ2) is 4.73. The van der Waals surface area contributed by atoms with Crippen molar-refractivity contribution in [2.45, 2.75) is 20.8 Å². The van der Waals surface area contributed by atoms with E-state index >= 15 is 0 Å². The standard InChI is InChI=1S/C12H14O3/c1-4-15-12(14)10-5-6-11(9(3)13)8(2)7-10/h5-7H,4H2,1-3H3. The highest BCUT2D eigenvalue weighted by molar-refractivity contribution is 5.97. The van der Waals surface area contributed by atoms with Gasteiger partial charge in [-0.3, -0.25) is 4.79 Å². The predicted molar refractivity (Wildman–Crippen MR) is 57.1 cm³/mol. The van der Waals surface area contributed by atoms with E-state index in [1.165, 1.54) is 6.92 Å². The van der Waals surface area contributed by atoms with Crippen LogP contribution < -0.4 is 0 Å². The van der Waals surface area contributed by atoms with Crippen LogP contribution in [0.25, 0.3) is 0 Å². The average molecular weight is 206 g/mol. The molecule has 0 aliphatic rings. The van der Waals surface area contributed by atoms with Crippen LogP contribution in [0.4, 0.5) is 0 Å². The summed E-state index contributed by atoms with van der Waals surface area (Å²) in [6.07, 6.45) is 0. The molecule has 0 bridgehead atoms. The highest BCUT2D eigenvalue weighted by atomic mass is 16.5. The van der Waals surface area contributed by atoms with Gasteiger partial charge in [0, 0.05) is 5.56 Å². The smallest absolute Gasteiger partial charge is 0.338 e. The fourth-order valence-corrected chi connectivity index (χ4v) is 1.40. The quantitative estimate of drug-likeness (QED) is 0.563. The van der Waals surface area contributed by atoms with Crippen LogP contribution in [0.3, 0.4) is 0 Å². The van der Waals surface area contributed by atoms with Gasteiger partial charge in [0.2, 0.25) is 0 Å². The largest absolute Gasteiger partial charge is 0.462 e. The van der Waals surface area contributed by atoms with Crippen LogP contribution in [-0.4, -0.2) is 18.4 Å². The molecule has 1 aromatic rings. The zero-order valence-electron chi connectivity index (χ0n) is 9.16. The molecular weight excluding hydrogens is 192 g/mol. The molecule has 0 saturated carbocycles. The second-order valence-corrected chi connectivity index (χ2v) is 3.31. The number of hydrogen-bond donors (Lipinski definition) is 0. The molecule has 0 atom stereocenters. The summed E-state index contributed by atoms with van der Waals surface area (Å²) in [4.78, 5) is 22.5. The van der Waals surface area contributed by atoms with Crippen LogP contribution in [0.1, 0.15) is 40.1 Å². The van der Waals surface area contributed by atoms with Crippen molar-refractivity contribution >= 4 is 11.8 Å². The first-order chi connectivity index (χ1) is 7.06. The molecule has 0 heterocycles. The van der Waals surface area contributed by atoms with Gasteiger partial charge in [-0.25, -0.2) is 4.79 Å². The van der Waals surface area contributed by atoms with Gasteiger partial charge in [-0.15, -0.1) is 0 Å². The first kappa shape index (κ1) is 11.4. The molecule has 3 heteroatoms. The van der Waals surface area contributed by atoms with Crippen LogP contribution in [0.5, 0.6) is 0 Å². The number of ketones is 1. The minimum Gasteiger partial charge on any atom is -0.462 e. The SMILES string of the molecule is CCOC(=O)c1ccc(C(C)=O)c(C)c1. The van der Waals surface area contributed by atoms with E-state index in [4.69, 9.17) is 4.74 Å². The van der Waals surface area contributed by atoms with Crippen LogP contribution >= 0.6 is 0 Å². The molecule has 0 spiro atoms. The lowest BCUT2D eigenvalue weighted by Gasteiger charge is -2.05. The molecule has 0 unspecified atom stereocenters. The van der Waals surface area contributed by atoms with Crippen LogP contribution in [0, 0.1) is 6.92 Å². The van der Waals surface area contributed by atoms with Gasteiger partial charge in [-0.1, -0.05) is 6.07 Å². The highest BCUT2D eigenvalue weighted by Crippen LogP contribution is 2.12. The third-order valence-electron chi connectivity index (χ3n) is 2.12. The van der Waals surface area contributed by atoms with E-state index < -0.39 is 0 Å². The number of Topliss-reactive ketones (excluding diaryl/α,β-unsaturated/α-hetero) is 1. The topological polar surface area (TPSA) is 43.4 Å². The Labute approximate surface area is 89.1 Å². The maximum atomic E-state index is 11.4. The number of benzene rings is 1. The fraction of sp³-hybridized carbons (Fsp3) is 0.333. The molecular formula is C12H14O3. The number of rotatable bonds is 3. The molecule has 0 saturated heterocycles. The Hall–Kier alpha value is -1.64. The fourth-order valence-electron chi connectivity index (χ4n) is 1.40. The lowest BCUT2D eigenvalue weighted by molar-refractivity contribution is 0.0526. The van der Waals surface area contributed by atoms with Crippen LogP contribution in [0.15, 0.2) is 18.2 Å². The van der Waals surface area contributed by atoms with Gasteiger partial charge in [0.1, 0.15) is 0 Å². The van der Waals surface area contributed by atoms with Crippen molar-refractivity contribution in [2.24, 2.45) is 0 Å². The summed E-state index contributed by atoms with van der Waals surface area (Å²) < 4.78 is 4.86. The van der Waals surface area contributed by atoms with Gasteiger partial charge < -0.3 is 4.74 Å². The van der Waals surface area contributed by atoms with Gasteiger partial charge in [-0.05, 0) is 38.5 Å². The van der Waals surface area contributed by atoms with E-state index in [1.54, 1.807) is 32.0 Å². The van der Waals surface area contributed by atoms with Gasteiger partial charge in [0.15, 0.2) is 5.78 Å². The first-order valence-corrected chi connectivity index (χ1v) is 4.85. The summed E-state index contributed by atoms with van der Waals surface area (Å²) in [7, 11) is 0. The minimum absolute atomic E-state index is 0.00269. The molecule has 80 valence electrons. The van der Waals surface area contributed by atoms with E-state index in [0.717, 1.165) is 5.56 Å². The number of esters is 1. The lowest BCUT2D eigenvalue weighted by atomic mass is 10.0. The van der Waals surface area contributed by atoms with Crippen LogP contribution in [0.2, 0.25) is 0 Å². The Kier molecular flexibility index (Phi) is 3.61. The van der Waals surface area contributed by atoms with Crippen LogP contribution in [-0.2, 0) is 4.74 Å². The van der Waals surface area contributed by atoms with Crippen molar-refractivity contribution in [1.29, 1.82) is 0 Å². The monoisotopic (exact) mass is 206 g/mol. The van der Waals surface area contributed by atoms with Gasteiger partial charge in [0.05, 0.1) is 12.2 Å². The molecule has 0 amide bonds. The Morgan fingerprint density at radius 2 is 2.00 bits per heavy atom. The molecule has 3 nitrogen and oxygen atoms in total. The molecule has 0 aliphatic carbocycles. The number of carbonyl (C=O) groups excluding carboxylic acids is 2. The molecule has 0 N–H and O–H groups in total. The average Bonchev–Trinajstić information content (AvgIpc) is 2.17. The van der Waals surface area contributed by atoms with E-state index in [1.807, 2.05) is 0 Å². The van der Waals surface area contributed by atoms with Crippen molar-refractivity contribution in [2.75, 3.05) is 6.61 Å². The summed E-state index contributed by atoms with van der Waals surface area (Å²) in [6.45, 7) is 5.42. The number of aryl methyl sites for hydroxylation is 1. The van der Waals surface area contributed by atoms with Gasteiger partial charge in [0.25, 0.3) is 0 Å². The molecule has 0 aliphatic heterocycles. The normalized spacial score (nSPS) is 9.80. The predicted octanol–water partition coefficient (Wildman–Crippen LogP) is 2.37. The van der Waals surface area contributed by atoms with Gasteiger partial charge in [-0.2, -0.15) is 0 Å². The zero-order valence-corrected chi connectivity index (χ0v) is 9.16. The first-order valence-electron chi connectivity index (χ1n) is 4.85.